The molecule has 0 unspecified atom stereocenters. The Labute approximate surface area is 76.6 Å². The third-order valence-electron chi connectivity index (χ3n) is 2.05. The molecule has 2 N–H and O–H groups in total. The van der Waals surface area contributed by atoms with E-state index in [0.717, 1.165) is 18.1 Å². The summed E-state index contributed by atoms with van der Waals surface area (Å²) in [7, 11) is 0. The predicted octanol–water partition coefficient (Wildman–Crippen LogP) is 1.39. The van der Waals surface area contributed by atoms with E-state index in [-0.39, 0.29) is 0 Å². The van der Waals surface area contributed by atoms with Gasteiger partial charge in [-0.15, -0.1) is 0 Å². The van der Waals surface area contributed by atoms with Crippen LogP contribution in [-0.4, -0.2) is 20.9 Å². The summed E-state index contributed by atoms with van der Waals surface area (Å²) in [5, 5.41) is 10.6. The van der Waals surface area contributed by atoms with E-state index in [4.69, 9.17) is 0 Å². The first-order valence-corrected chi connectivity index (χ1v) is 4.49. The van der Waals surface area contributed by atoms with Gasteiger partial charge >= 0.3 is 0 Å². The van der Waals surface area contributed by atoms with Crippen LogP contribution >= 0.6 is 0 Å². The lowest BCUT2D eigenvalue weighted by Crippen LogP contribution is -1.99. The molecule has 5 heteroatoms. The van der Waals surface area contributed by atoms with Crippen LogP contribution in [0.2, 0.25) is 0 Å². The van der Waals surface area contributed by atoms with E-state index < -0.39 is 0 Å². The van der Waals surface area contributed by atoms with Crippen molar-refractivity contribution in [2.45, 2.75) is 26.2 Å². The Hall–Kier alpha value is -1.39. The van der Waals surface area contributed by atoms with Crippen LogP contribution in [0.15, 0.2) is 11.4 Å². The molecule has 1 aromatic heterocycles. The Kier molecular flexibility index (Phi) is 2.25. The lowest BCUT2D eigenvalue weighted by molar-refractivity contribution is 0.887. The van der Waals surface area contributed by atoms with Crippen molar-refractivity contribution in [1.82, 2.24) is 15.2 Å². The highest BCUT2D eigenvalue weighted by atomic mass is 15.4. The molecule has 1 heterocycles. The summed E-state index contributed by atoms with van der Waals surface area (Å²) in [5.41, 5.74) is 3.94. The maximum absolute atomic E-state index is 4.18. The van der Waals surface area contributed by atoms with Crippen LogP contribution in [0.4, 0.5) is 5.95 Å². The second kappa shape index (κ2) is 3.55. The van der Waals surface area contributed by atoms with Crippen LogP contribution in [0.1, 0.15) is 26.2 Å². The van der Waals surface area contributed by atoms with E-state index in [2.05, 4.69) is 25.7 Å². The quantitative estimate of drug-likeness (QED) is 0.542. The van der Waals surface area contributed by atoms with Gasteiger partial charge < -0.3 is 0 Å². The van der Waals surface area contributed by atoms with Gasteiger partial charge in [-0.3, -0.25) is 0 Å². The van der Waals surface area contributed by atoms with Gasteiger partial charge in [0.1, 0.15) is 6.33 Å². The zero-order chi connectivity index (χ0) is 9.10. The van der Waals surface area contributed by atoms with Gasteiger partial charge in [-0.25, -0.2) is 10.5 Å². The first-order valence-electron chi connectivity index (χ1n) is 4.49. The Morgan fingerprint density at radius 3 is 3.23 bits per heavy atom. The zero-order valence-electron chi connectivity index (χ0n) is 7.62. The van der Waals surface area contributed by atoms with Crippen molar-refractivity contribution < 1.29 is 0 Å². The topological polar surface area (TPSA) is 66.0 Å². The molecule has 1 aliphatic rings. The van der Waals surface area contributed by atoms with Gasteiger partial charge in [0.25, 0.3) is 0 Å². The molecular formula is C8H13N5. The summed E-state index contributed by atoms with van der Waals surface area (Å²) in [5.74, 6) is 1.47. The number of hydrogen-bond acceptors (Lipinski definition) is 4. The van der Waals surface area contributed by atoms with Crippen LogP contribution in [-0.2, 0) is 0 Å². The molecule has 0 saturated heterocycles. The average Bonchev–Trinajstić information content (AvgIpc) is 2.78. The number of aromatic nitrogens is 3. The largest absolute Gasteiger partial charge is 0.246 e. The highest BCUT2D eigenvalue weighted by Crippen LogP contribution is 2.32. The fraction of sp³-hybridized carbons (Fsp3) is 0.625. The summed E-state index contributed by atoms with van der Waals surface area (Å²) in [4.78, 5) is 3.90. The molecule has 13 heavy (non-hydrogen) atoms. The third-order valence-corrected chi connectivity index (χ3v) is 2.05. The molecule has 2 rings (SSSR count). The number of nitrogens with one attached hydrogen (secondary N) is 2. The Balaban J connectivity index is 1.81. The highest BCUT2D eigenvalue weighted by molar-refractivity contribution is 5.82. The lowest BCUT2D eigenvalue weighted by atomic mass is 10.2. The molecule has 0 atom stereocenters. The second-order valence-electron chi connectivity index (χ2n) is 3.44. The van der Waals surface area contributed by atoms with Gasteiger partial charge in [-0.2, -0.15) is 15.2 Å². The molecule has 1 aliphatic carbocycles. The monoisotopic (exact) mass is 179 g/mol. The molecule has 0 radical (unpaired) electrons. The minimum Gasteiger partial charge on any atom is -0.246 e. The standard InChI is InChI=1S/C8H13N5/c1-6(4-7-2-3-7)11-13-8-9-5-10-12-8/h5,7H,2-4H2,1H3,(H2,9,10,12,13)/b11-6+. The molecule has 0 aromatic carbocycles. The molecule has 1 aromatic rings. The smallest absolute Gasteiger partial charge is 0.239 e. The summed E-state index contributed by atoms with van der Waals surface area (Å²) >= 11 is 0. The molecule has 0 spiro atoms. The van der Waals surface area contributed by atoms with E-state index in [9.17, 15) is 0 Å². The van der Waals surface area contributed by atoms with Crippen molar-refractivity contribution in [1.29, 1.82) is 0 Å². The van der Waals surface area contributed by atoms with E-state index >= 15 is 0 Å². The summed E-state index contributed by atoms with van der Waals surface area (Å²) in [6, 6.07) is 0. The third kappa shape index (κ3) is 2.54. The first-order chi connectivity index (χ1) is 6.34. The van der Waals surface area contributed by atoms with Crippen LogP contribution in [0, 0.1) is 5.92 Å². The van der Waals surface area contributed by atoms with E-state index in [1.54, 1.807) is 0 Å². The van der Waals surface area contributed by atoms with Gasteiger partial charge in [0.05, 0.1) is 0 Å². The Morgan fingerprint density at radius 1 is 1.77 bits per heavy atom. The van der Waals surface area contributed by atoms with Gasteiger partial charge in [0.2, 0.25) is 5.95 Å². The van der Waals surface area contributed by atoms with Crippen LogP contribution < -0.4 is 5.43 Å². The van der Waals surface area contributed by atoms with E-state index in [1.165, 1.54) is 19.2 Å². The molecule has 1 saturated carbocycles. The van der Waals surface area contributed by atoms with Crippen molar-refractivity contribution in [3.05, 3.63) is 6.33 Å². The van der Waals surface area contributed by atoms with Gasteiger partial charge in [-0.05, 0) is 32.1 Å². The SMILES string of the molecule is C/C(CC1CC1)=N\Nc1ncn[nH]1. The van der Waals surface area contributed by atoms with Gasteiger partial charge in [-0.1, -0.05) is 0 Å². The van der Waals surface area contributed by atoms with Crippen LogP contribution in [0.5, 0.6) is 0 Å². The molecule has 1 fully saturated rings. The maximum atomic E-state index is 4.18. The predicted molar refractivity (Wildman–Crippen MR) is 50.5 cm³/mol. The fourth-order valence-corrected chi connectivity index (χ4v) is 1.19. The number of aromatic amines is 1. The second-order valence-corrected chi connectivity index (χ2v) is 3.44. The molecule has 5 nitrogen and oxygen atoms in total. The first kappa shape index (κ1) is 8.22. The van der Waals surface area contributed by atoms with Crippen LogP contribution in [0.3, 0.4) is 0 Å². The van der Waals surface area contributed by atoms with Gasteiger partial charge in [0, 0.05) is 5.71 Å². The van der Waals surface area contributed by atoms with E-state index in [1.807, 2.05) is 6.92 Å². The number of nitrogens with zero attached hydrogens (tertiary/aromatic N) is 3. The number of H-pyrrole nitrogens is 1. The Morgan fingerprint density at radius 2 is 2.62 bits per heavy atom. The summed E-state index contributed by atoms with van der Waals surface area (Å²) in [6.07, 6.45) is 5.26. The number of anilines is 1. The normalized spacial score (nSPS) is 17.5. The summed E-state index contributed by atoms with van der Waals surface area (Å²) in [6.45, 7) is 2.03. The molecule has 0 amide bonds. The number of rotatable bonds is 4. The lowest BCUT2D eigenvalue weighted by Gasteiger charge is -1.98. The molecule has 70 valence electrons. The maximum Gasteiger partial charge on any atom is 0.239 e. The van der Waals surface area contributed by atoms with Crippen molar-refractivity contribution in [2.24, 2.45) is 11.0 Å². The Bertz CT molecular complexity index is 285. The minimum absolute atomic E-state index is 0.593. The molecule has 0 bridgehead atoms. The van der Waals surface area contributed by atoms with Crippen molar-refractivity contribution in [3.63, 3.8) is 0 Å². The molecule has 0 aliphatic heterocycles. The molecular weight excluding hydrogens is 166 g/mol. The summed E-state index contributed by atoms with van der Waals surface area (Å²) < 4.78 is 0. The average molecular weight is 179 g/mol. The van der Waals surface area contributed by atoms with Crippen molar-refractivity contribution in [2.75, 3.05) is 5.43 Å². The highest BCUT2D eigenvalue weighted by Gasteiger charge is 2.21. The zero-order valence-corrected chi connectivity index (χ0v) is 7.62. The number of hydrogen-bond donors (Lipinski definition) is 2. The van der Waals surface area contributed by atoms with E-state index in [0.29, 0.717) is 5.95 Å². The van der Waals surface area contributed by atoms with Crippen LogP contribution in [0.25, 0.3) is 0 Å². The fourth-order valence-electron chi connectivity index (χ4n) is 1.19. The van der Waals surface area contributed by atoms with Gasteiger partial charge in [0.15, 0.2) is 0 Å². The van der Waals surface area contributed by atoms with Crippen molar-refractivity contribution >= 4 is 11.7 Å². The van der Waals surface area contributed by atoms with Crippen molar-refractivity contribution in [3.8, 4) is 0 Å². The number of hydrazone groups is 1. The minimum atomic E-state index is 0.593.